The van der Waals surface area contributed by atoms with Gasteiger partial charge in [-0.25, -0.2) is 4.98 Å². The number of hydrogen-bond donors (Lipinski definition) is 1. The molecule has 1 fully saturated rings. The number of hydrogen-bond acceptors (Lipinski definition) is 7. The molecule has 3 aromatic rings. The number of carbonyl (C=O) groups is 2. The minimum atomic E-state index is -0.496. The third-order valence-electron chi connectivity index (χ3n) is 6.81. The topological polar surface area (TPSA) is 96.9 Å². The Labute approximate surface area is 226 Å². The van der Waals surface area contributed by atoms with E-state index in [0.717, 1.165) is 36.9 Å². The highest BCUT2D eigenvalue weighted by Crippen LogP contribution is 2.37. The molecule has 2 aliphatic rings. The summed E-state index contributed by atoms with van der Waals surface area (Å²) in [6, 6.07) is 13.6. The number of rotatable bonds is 7. The number of carbonyl (C=O) groups excluding carboxylic acids is 2. The third-order valence-corrected chi connectivity index (χ3v) is 7.11. The van der Waals surface area contributed by atoms with Crippen molar-refractivity contribution in [1.29, 1.82) is 0 Å². The number of nitrogens with zero attached hydrogens (tertiary/aromatic N) is 4. The molecule has 0 aliphatic carbocycles. The first-order valence-electron chi connectivity index (χ1n) is 12.8. The lowest BCUT2D eigenvalue weighted by molar-refractivity contribution is -0.133. The molecule has 2 aromatic carbocycles. The number of nitrogens with one attached hydrogen (secondary N) is 1. The predicted octanol–water partition coefficient (Wildman–Crippen LogP) is 4.85. The Morgan fingerprint density at radius 3 is 2.84 bits per heavy atom. The largest absolute Gasteiger partial charge is 0.495 e. The number of methoxy groups -OCH3 is 1. The Balaban J connectivity index is 1.45. The van der Waals surface area contributed by atoms with Crippen molar-refractivity contribution in [3.05, 3.63) is 70.4 Å². The molecule has 3 heterocycles. The molecule has 0 spiro atoms. The van der Waals surface area contributed by atoms with Crippen LogP contribution in [-0.2, 0) is 17.8 Å². The summed E-state index contributed by atoms with van der Waals surface area (Å²) >= 11 is 6.29. The molecule has 1 aromatic heterocycles. The number of para-hydroxylation sites is 1. The zero-order valence-electron chi connectivity index (χ0n) is 21.4. The van der Waals surface area contributed by atoms with Crippen LogP contribution in [0.3, 0.4) is 0 Å². The second-order valence-electron chi connectivity index (χ2n) is 9.50. The smallest absolute Gasteiger partial charge is 0.276 e. The zero-order chi connectivity index (χ0) is 26.6. The van der Waals surface area contributed by atoms with Crippen molar-refractivity contribution < 1.29 is 19.1 Å². The number of halogens is 1. The lowest BCUT2D eigenvalue weighted by atomic mass is 10.1. The van der Waals surface area contributed by atoms with Gasteiger partial charge in [0.2, 0.25) is 17.7 Å². The van der Waals surface area contributed by atoms with E-state index in [4.69, 9.17) is 26.1 Å². The van der Waals surface area contributed by atoms with E-state index in [1.165, 1.54) is 16.8 Å². The van der Waals surface area contributed by atoms with E-state index in [9.17, 15) is 9.59 Å². The average molecular weight is 536 g/mol. The van der Waals surface area contributed by atoms with E-state index in [0.29, 0.717) is 29.7 Å². The summed E-state index contributed by atoms with van der Waals surface area (Å²) in [6.45, 7) is 2.69. The molecule has 1 saturated heterocycles. The van der Waals surface area contributed by atoms with Crippen molar-refractivity contribution in [2.75, 3.05) is 18.6 Å². The van der Waals surface area contributed by atoms with Gasteiger partial charge in [0.25, 0.3) is 5.91 Å². The highest BCUT2D eigenvalue weighted by atomic mass is 35.5. The molecule has 1 atom stereocenters. The van der Waals surface area contributed by atoms with E-state index in [-0.39, 0.29) is 30.0 Å². The van der Waals surface area contributed by atoms with Gasteiger partial charge in [0.05, 0.1) is 12.1 Å². The molecule has 1 N–H and O–H groups in total. The number of aromatic nitrogens is 2. The van der Waals surface area contributed by atoms with Gasteiger partial charge in [-0.15, -0.1) is 0 Å². The van der Waals surface area contributed by atoms with Crippen LogP contribution in [0.15, 0.2) is 48.7 Å². The van der Waals surface area contributed by atoms with Crippen LogP contribution in [0, 0.1) is 0 Å². The van der Waals surface area contributed by atoms with Gasteiger partial charge in [0.1, 0.15) is 17.9 Å². The molecule has 5 rings (SSSR count). The molecule has 0 bridgehead atoms. The molecule has 198 valence electrons. The van der Waals surface area contributed by atoms with Gasteiger partial charge in [-0.3, -0.25) is 20.0 Å². The highest BCUT2D eigenvalue weighted by molar-refractivity contribution is 6.32. The number of amides is 2. The molecule has 38 heavy (non-hydrogen) atoms. The lowest BCUT2D eigenvalue weighted by Gasteiger charge is -2.24. The van der Waals surface area contributed by atoms with Gasteiger partial charge in [0.15, 0.2) is 0 Å². The average Bonchev–Trinajstić information content (AvgIpc) is 3.12. The fourth-order valence-corrected chi connectivity index (χ4v) is 5.12. The van der Waals surface area contributed by atoms with Crippen LogP contribution < -0.4 is 19.8 Å². The highest BCUT2D eigenvalue weighted by Gasteiger charge is 2.30. The first-order valence-corrected chi connectivity index (χ1v) is 13.1. The molecule has 9 nitrogen and oxygen atoms in total. The zero-order valence-corrected chi connectivity index (χ0v) is 22.2. The fourth-order valence-electron chi connectivity index (χ4n) is 4.84. The maximum absolute atomic E-state index is 13.3. The number of hydrazine groups is 1. The van der Waals surface area contributed by atoms with Gasteiger partial charge in [-0.1, -0.05) is 42.3 Å². The Kier molecular flexibility index (Phi) is 7.64. The van der Waals surface area contributed by atoms with Crippen molar-refractivity contribution >= 4 is 35.1 Å². The monoisotopic (exact) mass is 535 g/mol. The summed E-state index contributed by atoms with van der Waals surface area (Å²) in [5.74, 6) is 0.519. The molecule has 0 unspecified atom stereocenters. The molecule has 2 aliphatic heterocycles. The molecule has 2 amide bonds. The number of ether oxygens (including phenoxy) is 2. The van der Waals surface area contributed by atoms with Gasteiger partial charge in [0, 0.05) is 30.9 Å². The van der Waals surface area contributed by atoms with E-state index in [1.54, 1.807) is 19.2 Å². The fraction of sp³-hybridized carbons (Fsp3) is 0.357. The predicted molar refractivity (Wildman–Crippen MR) is 144 cm³/mol. The molecule has 0 radical (unpaired) electrons. The summed E-state index contributed by atoms with van der Waals surface area (Å²) < 4.78 is 11.3. The number of anilines is 2. The molecular weight excluding hydrogens is 506 g/mol. The maximum Gasteiger partial charge on any atom is 0.276 e. The van der Waals surface area contributed by atoms with E-state index >= 15 is 0 Å². The minimum Gasteiger partial charge on any atom is -0.495 e. The van der Waals surface area contributed by atoms with Crippen molar-refractivity contribution in [3.63, 3.8) is 0 Å². The quantitative estimate of drug-likeness (QED) is 0.462. The summed E-state index contributed by atoms with van der Waals surface area (Å²) in [7, 11) is 1.55. The van der Waals surface area contributed by atoms with Crippen LogP contribution in [0.5, 0.6) is 11.6 Å². The van der Waals surface area contributed by atoms with Crippen LogP contribution >= 0.6 is 11.6 Å². The van der Waals surface area contributed by atoms with Crippen LogP contribution in [0.1, 0.15) is 54.1 Å². The molecule has 0 saturated carbocycles. The van der Waals surface area contributed by atoms with Crippen LogP contribution in [0.4, 0.5) is 11.6 Å². The maximum atomic E-state index is 13.3. The van der Waals surface area contributed by atoms with Gasteiger partial charge in [-0.05, 0) is 55.5 Å². The number of benzene rings is 2. The van der Waals surface area contributed by atoms with E-state index in [2.05, 4.69) is 23.4 Å². The Morgan fingerprint density at radius 2 is 2.03 bits per heavy atom. The Hall–Kier alpha value is -3.85. The Morgan fingerprint density at radius 1 is 1.18 bits per heavy atom. The standard InChI is InChI=1S/C28H30ClN5O4/c1-18-14-20-8-5-6-9-23(20)34(18)28-30-16-21(26(36)32-33-13-7-3-4-10-25(33)35)27(31-28)38-17-19-11-12-24(37-2)22(29)15-19/h5-6,8-9,11-12,15-16,18H,3-4,7,10,13-14,17H2,1-2H3,(H,32,36)/t18-/m1/s1. The van der Waals surface area contributed by atoms with Crippen LogP contribution in [-0.4, -0.2) is 46.5 Å². The van der Waals surface area contributed by atoms with E-state index in [1.807, 2.05) is 29.2 Å². The summed E-state index contributed by atoms with van der Waals surface area (Å²) in [5.41, 5.74) is 5.90. The summed E-state index contributed by atoms with van der Waals surface area (Å²) in [4.78, 5) is 37.1. The molecular formula is C28H30ClN5O4. The van der Waals surface area contributed by atoms with Gasteiger partial charge < -0.3 is 14.4 Å². The van der Waals surface area contributed by atoms with Gasteiger partial charge >= 0.3 is 0 Å². The lowest BCUT2D eigenvalue weighted by Crippen LogP contribution is -2.46. The Bertz CT molecular complexity index is 1350. The normalized spacial score (nSPS) is 17.1. The third kappa shape index (κ3) is 5.38. The molecule has 10 heteroatoms. The van der Waals surface area contributed by atoms with Crippen molar-refractivity contribution in [1.82, 2.24) is 20.4 Å². The van der Waals surface area contributed by atoms with Crippen LogP contribution in [0.2, 0.25) is 5.02 Å². The SMILES string of the molecule is COc1ccc(COc2nc(N3c4ccccc4C[C@H]3C)ncc2C(=O)NN2CCCCCC2=O)cc1Cl. The summed E-state index contributed by atoms with van der Waals surface area (Å²) in [5, 5.41) is 1.84. The second kappa shape index (κ2) is 11.3. The number of fused-ring (bicyclic) bond motifs is 1. The first-order chi connectivity index (χ1) is 18.4. The van der Waals surface area contributed by atoms with Crippen molar-refractivity contribution in [3.8, 4) is 11.6 Å². The van der Waals surface area contributed by atoms with Crippen molar-refractivity contribution in [2.45, 2.75) is 51.7 Å². The summed E-state index contributed by atoms with van der Waals surface area (Å²) in [6.07, 6.45) is 5.32. The van der Waals surface area contributed by atoms with Crippen molar-refractivity contribution in [2.24, 2.45) is 0 Å². The van der Waals surface area contributed by atoms with Gasteiger partial charge in [-0.2, -0.15) is 4.98 Å². The first kappa shape index (κ1) is 25.8. The second-order valence-corrected chi connectivity index (χ2v) is 9.90. The van der Waals surface area contributed by atoms with Crippen LogP contribution in [0.25, 0.3) is 0 Å². The minimum absolute atomic E-state index is 0.105. The van der Waals surface area contributed by atoms with E-state index < -0.39 is 5.91 Å².